The van der Waals surface area contributed by atoms with E-state index in [0.717, 1.165) is 28.6 Å². The largest absolute Gasteiger partial charge is 0.364 e. The predicted molar refractivity (Wildman–Crippen MR) is 85.7 cm³/mol. The molecule has 3 aromatic heterocycles. The first-order chi connectivity index (χ1) is 10.3. The number of pyridine rings is 1. The standard InChI is InChI=1S/C16H16N4S/c1-10-19-15(18-9-11-5-2-3-8-17-11)14-12-6-4-7-13(12)21-16(14)20-10/h2-3,5,8H,4,6-7,9H2,1H3,(H,18,19,20). The average Bonchev–Trinajstić information content (AvgIpc) is 3.06. The van der Waals surface area contributed by atoms with Crippen molar-refractivity contribution in [3.05, 3.63) is 46.4 Å². The van der Waals surface area contributed by atoms with Crippen LogP contribution in [0.4, 0.5) is 5.82 Å². The van der Waals surface area contributed by atoms with Gasteiger partial charge in [0.15, 0.2) is 0 Å². The molecule has 0 radical (unpaired) electrons. The van der Waals surface area contributed by atoms with Crippen LogP contribution >= 0.6 is 11.3 Å². The van der Waals surface area contributed by atoms with Crippen LogP contribution in [-0.4, -0.2) is 15.0 Å². The fourth-order valence-corrected chi connectivity index (χ4v) is 4.21. The van der Waals surface area contributed by atoms with Crippen LogP contribution in [0.3, 0.4) is 0 Å². The molecule has 1 aliphatic rings. The summed E-state index contributed by atoms with van der Waals surface area (Å²) in [6, 6.07) is 5.96. The number of hydrogen-bond donors (Lipinski definition) is 1. The molecule has 0 saturated heterocycles. The summed E-state index contributed by atoms with van der Waals surface area (Å²) in [7, 11) is 0. The molecule has 0 saturated carbocycles. The number of nitrogens with zero attached hydrogens (tertiary/aromatic N) is 3. The highest BCUT2D eigenvalue weighted by molar-refractivity contribution is 7.19. The molecule has 0 atom stereocenters. The van der Waals surface area contributed by atoms with Crippen molar-refractivity contribution in [3.63, 3.8) is 0 Å². The number of fused-ring (bicyclic) bond motifs is 3. The third kappa shape index (κ3) is 2.27. The van der Waals surface area contributed by atoms with Crippen molar-refractivity contribution in [2.24, 2.45) is 0 Å². The SMILES string of the molecule is Cc1nc(NCc2ccccn2)c2c3c(sc2n1)CCC3. The van der Waals surface area contributed by atoms with Gasteiger partial charge in [-0.3, -0.25) is 4.98 Å². The minimum absolute atomic E-state index is 0.691. The van der Waals surface area contributed by atoms with Gasteiger partial charge in [-0.05, 0) is 43.9 Å². The first kappa shape index (κ1) is 12.7. The van der Waals surface area contributed by atoms with Gasteiger partial charge in [0.05, 0.1) is 17.6 Å². The lowest BCUT2D eigenvalue weighted by Crippen LogP contribution is -2.05. The Balaban J connectivity index is 1.73. The van der Waals surface area contributed by atoms with E-state index in [1.54, 1.807) is 0 Å². The topological polar surface area (TPSA) is 50.7 Å². The van der Waals surface area contributed by atoms with Crippen LogP contribution in [0.2, 0.25) is 0 Å². The summed E-state index contributed by atoms with van der Waals surface area (Å²) < 4.78 is 0. The van der Waals surface area contributed by atoms with E-state index in [1.165, 1.54) is 28.7 Å². The zero-order valence-corrected chi connectivity index (χ0v) is 12.7. The fraction of sp³-hybridized carbons (Fsp3) is 0.312. The number of thiophene rings is 1. The third-order valence-electron chi connectivity index (χ3n) is 3.84. The molecule has 106 valence electrons. The number of anilines is 1. The number of nitrogens with one attached hydrogen (secondary N) is 1. The average molecular weight is 296 g/mol. The maximum absolute atomic E-state index is 4.62. The molecule has 0 unspecified atom stereocenters. The summed E-state index contributed by atoms with van der Waals surface area (Å²) in [6.07, 6.45) is 5.42. The summed E-state index contributed by atoms with van der Waals surface area (Å²) in [4.78, 5) is 16.2. The molecule has 0 spiro atoms. The summed E-state index contributed by atoms with van der Waals surface area (Å²) >= 11 is 1.83. The van der Waals surface area contributed by atoms with E-state index < -0.39 is 0 Å². The van der Waals surface area contributed by atoms with Gasteiger partial charge < -0.3 is 5.32 Å². The molecule has 0 fully saturated rings. The van der Waals surface area contributed by atoms with E-state index in [2.05, 4.69) is 20.3 Å². The Hall–Kier alpha value is -2.01. The normalized spacial score (nSPS) is 13.6. The smallest absolute Gasteiger partial charge is 0.139 e. The van der Waals surface area contributed by atoms with Crippen LogP contribution < -0.4 is 5.32 Å². The lowest BCUT2D eigenvalue weighted by Gasteiger charge is -2.08. The Morgan fingerprint density at radius 1 is 1.24 bits per heavy atom. The van der Waals surface area contributed by atoms with Gasteiger partial charge in [-0.15, -0.1) is 11.3 Å². The second-order valence-electron chi connectivity index (χ2n) is 5.33. The van der Waals surface area contributed by atoms with Gasteiger partial charge in [0, 0.05) is 11.1 Å². The maximum atomic E-state index is 4.62. The lowest BCUT2D eigenvalue weighted by molar-refractivity contribution is 0.916. The van der Waals surface area contributed by atoms with Crippen LogP contribution in [0.1, 0.15) is 28.4 Å². The predicted octanol–water partition coefficient (Wildman–Crippen LogP) is 3.50. The Morgan fingerprint density at radius 2 is 2.19 bits per heavy atom. The van der Waals surface area contributed by atoms with Crippen molar-refractivity contribution in [1.29, 1.82) is 0 Å². The van der Waals surface area contributed by atoms with Gasteiger partial charge in [0.1, 0.15) is 16.5 Å². The molecule has 1 aliphatic carbocycles. The molecule has 0 amide bonds. The highest BCUT2D eigenvalue weighted by atomic mass is 32.1. The van der Waals surface area contributed by atoms with Gasteiger partial charge in [-0.2, -0.15) is 0 Å². The van der Waals surface area contributed by atoms with Crippen LogP contribution in [0, 0.1) is 6.92 Å². The first-order valence-corrected chi connectivity index (χ1v) is 8.05. The van der Waals surface area contributed by atoms with Crippen molar-refractivity contribution >= 4 is 27.4 Å². The molecule has 0 aromatic carbocycles. The number of rotatable bonds is 3. The van der Waals surface area contributed by atoms with Crippen molar-refractivity contribution in [2.75, 3.05) is 5.32 Å². The highest BCUT2D eigenvalue weighted by Gasteiger charge is 2.21. The van der Waals surface area contributed by atoms with E-state index in [4.69, 9.17) is 0 Å². The van der Waals surface area contributed by atoms with Crippen LogP contribution in [0.5, 0.6) is 0 Å². The van der Waals surface area contributed by atoms with E-state index in [1.807, 2.05) is 42.7 Å². The molecule has 0 bridgehead atoms. The lowest BCUT2D eigenvalue weighted by atomic mass is 10.2. The van der Waals surface area contributed by atoms with E-state index >= 15 is 0 Å². The van der Waals surface area contributed by atoms with E-state index in [9.17, 15) is 0 Å². The molecule has 0 aliphatic heterocycles. The van der Waals surface area contributed by atoms with E-state index in [0.29, 0.717) is 6.54 Å². The summed E-state index contributed by atoms with van der Waals surface area (Å²) in [5.41, 5.74) is 2.48. The number of hydrogen-bond acceptors (Lipinski definition) is 5. The maximum Gasteiger partial charge on any atom is 0.139 e. The Kier molecular flexibility index (Phi) is 3.07. The Bertz CT molecular complexity index is 795. The van der Waals surface area contributed by atoms with E-state index in [-0.39, 0.29) is 0 Å². The third-order valence-corrected chi connectivity index (χ3v) is 5.03. The van der Waals surface area contributed by atoms with Gasteiger partial charge >= 0.3 is 0 Å². The number of aryl methyl sites for hydroxylation is 3. The molecule has 4 rings (SSSR count). The Labute approximate surface area is 127 Å². The fourth-order valence-electron chi connectivity index (χ4n) is 2.91. The molecule has 3 aromatic rings. The summed E-state index contributed by atoms with van der Waals surface area (Å²) in [5.74, 6) is 1.79. The zero-order valence-electron chi connectivity index (χ0n) is 11.9. The minimum atomic E-state index is 0.691. The number of aromatic nitrogens is 3. The molecular weight excluding hydrogens is 280 g/mol. The molecule has 21 heavy (non-hydrogen) atoms. The summed E-state index contributed by atoms with van der Waals surface area (Å²) in [6.45, 7) is 2.65. The zero-order chi connectivity index (χ0) is 14.2. The van der Waals surface area contributed by atoms with Crippen molar-refractivity contribution < 1.29 is 0 Å². The molecule has 3 heterocycles. The van der Waals surface area contributed by atoms with Crippen LogP contribution in [0.25, 0.3) is 10.2 Å². The van der Waals surface area contributed by atoms with Crippen molar-refractivity contribution in [1.82, 2.24) is 15.0 Å². The second-order valence-corrected chi connectivity index (χ2v) is 6.42. The molecule has 1 N–H and O–H groups in total. The van der Waals surface area contributed by atoms with Crippen LogP contribution in [-0.2, 0) is 19.4 Å². The van der Waals surface area contributed by atoms with Gasteiger partial charge in [-0.1, -0.05) is 6.07 Å². The van der Waals surface area contributed by atoms with Crippen molar-refractivity contribution in [2.45, 2.75) is 32.7 Å². The second kappa shape index (κ2) is 5.07. The highest BCUT2D eigenvalue weighted by Crippen LogP contribution is 2.39. The molecular formula is C16H16N4S. The Morgan fingerprint density at radius 3 is 3.05 bits per heavy atom. The molecule has 5 heteroatoms. The van der Waals surface area contributed by atoms with Crippen molar-refractivity contribution in [3.8, 4) is 0 Å². The summed E-state index contributed by atoms with van der Waals surface area (Å²) in [5, 5.41) is 4.68. The van der Waals surface area contributed by atoms with Gasteiger partial charge in [-0.25, -0.2) is 9.97 Å². The quantitative estimate of drug-likeness (QED) is 0.803. The molecule has 4 nitrogen and oxygen atoms in total. The monoisotopic (exact) mass is 296 g/mol. The first-order valence-electron chi connectivity index (χ1n) is 7.24. The minimum Gasteiger partial charge on any atom is -0.364 e. The van der Waals surface area contributed by atoms with Gasteiger partial charge in [0.25, 0.3) is 0 Å². The van der Waals surface area contributed by atoms with Gasteiger partial charge in [0.2, 0.25) is 0 Å². The van der Waals surface area contributed by atoms with Crippen LogP contribution in [0.15, 0.2) is 24.4 Å².